The van der Waals surface area contributed by atoms with Gasteiger partial charge in [0.2, 0.25) is 5.82 Å². The third kappa shape index (κ3) is 3.01. The Balaban J connectivity index is 2.44. The average molecular weight is 310 g/mol. The summed E-state index contributed by atoms with van der Waals surface area (Å²) in [5.41, 5.74) is -2.44. The summed E-state index contributed by atoms with van der Waals surface area (Å²) in [4.78, 5) is 16.5. The zero-order chi connectivity index (χ0) is 15.8. The molecule has 5 nitrogen and oxygen atoms in total. The minimum atomic E-state index is -4.87. The van der Waals surface area contributed by atoms with Crippen molar-refractivity contribution < 1.29 is 31.1 Å². The Hall–Kier alpha value is -2.46. The second kappa shape index (κ2) is 4.82. The molecule has 112 valence electrons. The van der Waals surface area contributed by atoms with Gasteiger partial charge in [0.05, 0.1) is 18.0 Å². The molecular formula is C10H4F6N4O. The molecule has 11 heteroatoms. The van der Waals surface area contributed by atoms with Gasteiger partial charge in [-0.3, -0.25) is 4.79 Å². The number of halogens is 6. The van der Waals surface area contributed by atoms with Crippen LogP contribution in [0.2, 0.25) is 0 Å². The molecule has 0 radical (unpaired) electrons. The fraction of sp³-hybridized carbons (Fsp3) is 0.200. The van der Waals surface area contributed by atoms with Crippen LogP contribution in [0, 0.1) is 0 Å². The van der Waals surface area contributed by atoms with Crippen molar-refractivity contribution >= 4 is 6.29 Å². The first-order chi connectivity index (χ1) is 9.63. The first-order valence-electron chi connectivity index (χ1n) is 5.14. The highest BCUT2D eigenvalue weighted by atomic mass is 19.4. The molecule has 0 bridgehead atoms. The largest absolute Gasteiger partial charge is 0.451 e. The van der Waals surface area contributed by atoms with Gasteiger partial charge in [-0.25, -0.2) is 14.6 Å². The van der Waals surface area contributed by atoms with Crippen LogP contribution >= 0.6 is 0 Å². The minimum Gasteiger partial charge on any atom is -0.298 e. The summed E-state index contributed by atoms with van der Waals surface area (Å²) in [6.07, 6.45) is -7.67. The molecule has 0 unspecified atom stereocenters. The zero-order valence-corrected chi connectivity index (χ0v) is 9.77. The van der Waals surface area contributed by atoms with Crippen LogP contribution in [0.25, 0.3) is 5.69 Å². The van der Waals surface area contributed by atoms with Gasteiger partial charge in [0.25, 0.3) is 0 Å². The maximum absolute atomic E-state index is 12.6. The first-order valence-corrected chi connectivity index (χ1v) is 5.14. The SMILES string of the molecule is O=Cc1cn(-c2cnc(C(F)(F)F)nc2)nc1C(F)(F)F. The molecule has 2 aromatic heterocycles. The maximum atomic E-state index is 12.6. The standard InChI is InChI=1S/C10H4F6N4O/c11-9(12,13)7-5(4-21)3-20(19-7)6-1-17-8(18-2-6)10(14,15)16/h1-4H. The van der Waals surface area contributed by atoms with Crippen molar-refractivity contribution in [2.75, 3.05) is 0 Å². The van der Waals surface area contributed by atoms with E-state index < -0.39 is 29.4 Å². The Bertz CT molecular complexity index is 658. The van der Waals surface area contributed by atoms with E-state index >= 15 is 0 Å². The average Bonchev–Trinajstić information content (AvgIpc) is 2.82. The summed E-state index contributed by atoms with van der Waals surface area (Å²) < 4.78 is 75.1. The van der Waals surface area contributed by atoms with E-state index in [1.807, 2.05) is 0 Å². The Kier molecular flexibility index (Phi) is 3.43. The van der Waals surface area contributed by atoms with Crippen molar-refractivity contribution in [1.82, 2.24) is 19.7 Å². The Morgan fingerprint density at radius 1 is 1.00 bits per heavy atom. The predicted octanol–water partition coefficient (Wildman–Crippen LogP) is 2.51. The molecule has 0 atom stereocenters. The molecule has 0 fully saturated rings. The topological polar surface area (TPSA) is 60.7 Å². The van der Waals surface area contributed by atoms with E-state index in [0.29, 0.717) is 17.1 Å². The fourth-order valence-electron chi connectivity index (χ4n) is 1.41. The van der Waals surface area contributed by atoms with Gasteiger partial charge < -0.3 is 0 Å². The Morgan fingerprint density at radius 2 is 1.57 bits per heavy atom. The summed E-state index contributed by atoms with van der Waals surface area (Å²) in [5.74, 6) is -1.44. The number of nitrogens with zero attached hydrogens (tertiary/aromatic N) is 4. The van der Waals surface area contributed by atoms with Crippen molar-refractivity contribution in [3.63, 3.8) is 0 Å². The van der Waals surface area contributed by atoms with E-state index in [0.717, 1.165) is 6.20 Å². The Labute approximate surface area is 112 Å². The molecule has 2 aromatic rings. The fourth-order valence-corrected chi connectivity index (χ4v) is 1.41. The molecule has 0 aliphatic carbocycles. The molecule has 2 heterocycles. The second-order valence-corrected chi connectivity index (χ2v) is 3.76. The van der Waals surface area contributed by atoms with Gasteiger partial charge in [0.15, 0.2) is 12.0 Å². The highest BCUT2D eigenvalue weighted by molar-refractivity contribution is 5.76. The summed E-state index contributed by atoms with van der Waals surface area (Å²) in [7, 11) is 0. The molecule has 0 amide bonds. The van der Waals surface area contributed by atoms with Crippen molar-refractivity contribution in [1.29, 1.82) is 0 Å². The number of alkyl halides is 6. The van der Waals surface area contributed by atoms with Crippen LogP contribution in [0.3, 0.4) is 0 Å². The third-order valence-corrected chi connectivity index (χ3v) is 2.29. The lowest BCUT2D eigenvalue weighted by molar-refractivity contribution is -0.145. The van der Waals surface area contributed by atoms with Gasteiger partial charge in [-0.2, -0.15) is 31.4 Å². The molecule has 0 aliphatic heterocycles. The summed E-state index contributed by atoms with van der Waals surface area (Å²) >= 11 is 0. The Morgan fingerprint density at radius 3 is 1.95 bits per heavy atom. The van der Waals surface area contributed by atoms with E-state index in [9.17, 15) is 31.1 Å². The van der Waals surface area contributed by atoms with E-state index in [2.05, 4.69) is 15.1 Å². The van der Waals surface area contributed by atoms with E-state index in [1.54, 1.807) is 0 Å². The van der Waals surface area contributed by atoms with Crippen LogP contribution in [0.1, 0.15) is 21.9 Å². The molecule has 0 N–H and O–H groups in total. The van der Waals surface area contributed by atoms with Crippen LogP contribution in [0.15, 0.2) is 18.6 Å². The monoisotopic (exact) mass is 310 g/mol. The number of hydrogen-bond donors (Lipinski definition) is 0. The van der Waals surface area contributed by atoms with Crippen molar-refractivity contribution in [3.05, 3.63) is 35.7 Å². The van der Waals surface area contributed by atoms with Crippen LogP contribution in [-0.2, 0) is 12.4 Å². The van der Waals surface area contributed by atoms with Crippen molar-refractivity contribution in [3.8, 4) is 5.69 Å². The smallest absolute Gasteiger partial charge is 0.298 e. The summed E-state index contributed by atoms with van der Waals surface area (Å²) in [6, 6.07) is 0. The lowest BCUT2D eigenvalue weighted by Gasteiger charge is -2.05. The normalized spacial score (nSPS) is 12.5. The second-order valence-electron chi connectivity index (χ2n) is 3.76. The van der Waals surface area contributed by atoms with Gasteiger partial charge in [-0.1, -0.05) is 0 Å². The maximum Gasteiger partial charge on any atom is 0.451 e. The lowest BCUT2D eigenvalue weighted by Crippen LogP contribution is -2.12. The molecule has 0 saturated heterocycles. The lowest BCUT2D eigenvalue weighted by atomic mass is 10.3. The highest BCUT2D eigenvalue weighted by Crippen LogP contribution is 2.31. The number of rotatable bonds is 2. The quantitative estimate of drug-likeness (QED) is 0.631. The molecule has 0 saturated carbocycles. The summed E-state index contributed by atoms with van der Waals surface area (Å²) in [5, 5.41) is 3.11. The van der Waals surface area contributed by atoms with E-state index in [1.165, 1.54) is 0 Å². The van der Waals surface area contributed by atoms with Gasteiger partial charge in [-0.05, 0) is 0 Å². The number of hydrogen-bond acceptors (Lipinski definition) is 4. The van der Waals surface area contributed by atoms with Gasteiger partial charge >= 0.3 is 12.4 Å². The molecule has 2 rings (SSSR count). The highest BCUT2D eigenvalue weighted by Gasteiger charge is 2.37. The third-order valence-electron chi connectivity index (χ3n) is 2.29. The molecule has 21 heavy (non-hydrogen) atoms. The molecular weight excluding hydrogens is 306 g/mol. The van der Waals surface area contributed by atoms with Crippen LogP contribution < -0.4 is 0 Å². The summed E-state index contributed by atoms with van der Waals surface area (Å²) in [6.45, 7) is 0. The molecule has 0 aromatic carbocycles. The number of carbonyl (C=O) groups excluding carboxylic acids is 1. The van der Waals surface area contributed by atoms with Crippen LogP contribution in [-0.4, -0.2) is 26.0 Å². The number of carbonyl (C=O) groups is 1. The van der Waals surface area contributed by atoms with Gasteiger partial charge in [0, 0.05) is 6.20 Å². The zero-order valence-electron chi connectivity index (χ0n) is 9.77. The van der Waals surface area contributed by atoms with Crippen molar-refractivity contribution in [2.45, 2.75) is 12.4 Å². The van der Waals surface area contributed by atoms with Crippen LogP contribution in [0.4, 0.5) is 26.3 Å². The van der Waals surface area contributed by atoms with Gasteiger partial charge in [0.1, 0.15) is 5.69 Å². The first kappa shape index (κ1) is 14.9. The molecule has 0 spiro atoms. The minimum absolute atomic E-state index is 0.0583. The van der Waals surface area contributed by atoms with Gasteiger partial charge in [-0.15, -0.1) is 0 Å². The van der Waals surface area contributed by atoms with E-state index in [4.69, 9.17) is 0 Å². The number of aromatic nitrogens is 4. The van der Waals surface area contributed by atoms with E-state index in [-0.39, 0.29) is 12.0 Å². The number of aldehydes is 1. The predicted molar refractivity (Wildman–Crippen MR) is 54.5 cm³/mol. The van der Waals surface area contributed by atoms with Crippen molar-refractivity contribution in [2.24, 2.45) is 0 Å². The van der Waals surface area contributed by atoms with Crippen LogP contribution in [0.5, 0.6) is 0 Å². The molecule has 0 aliphatic rings.